The van der Waals surface area contributed by atoms with E-state index in [0.29, 0.717) is 18.2 Å². The van der Waals surface area contributed by atoms with Crippen LogP contribution in [0.3, 0.4) is 0 Å². The molecular weight excluding hydrogens is 590 g/mol. The number of nitrogens with zero attached hydrogens (tertiary/aromatic N) is 1. The Balaban J connectivity index is 0.00000442. The maximum atomic E-state index is 13.6. The molecule has 0 bridgehead atoms. The molecule has 0 saturated carbocycles. The lowest BCUT2D eigenvalue weighted by Crippen LogP contribution is -2.52. The number of hydrogen-bond acceptors (Lipinski definition) is 5. The second-order valence-electron chi connectivity index (χ2n) is 12.3. The van der Waals surface area contributed by atoms with Crippen molar-refractivity contribution in [3.63, 3.8) is 0 Å². The number of fused-ring (bicyclic) bond motifs is 1. The first-order valence-electron chi connectivity index (χ1n) is 14.9. The lowest BCUT2D eigenvalue weighted by atomic mass is 9.87. The van der Waals surface area contributed by atoms with E-state index in [2.05, 4.69) is 42.4 Å². The summed E-state index contributed by atoms with van der Waals surface area (Å²) in [4.78, 5) is 40.6. The van der Waals surface area contributed by atoms with E-state index in [1.165, 1.54) is 18.2 Å². The Bertz CT molecular complexity index is 1560. The lowest BCUT2D eigenvalue weighted by molar-refractivity contribution is -0.139. The van der Waals surface area contributed by atoms with Gasteiger partial charge in [-0.15, -0.1) is 12.4 Å². The number of ether oxygens (including phenoxy) is 1. The maximum absolute atomic E-state index is 13.6. The van der Waals surface area contributed by atoms with Crippen molar-refractivity contribution >= 4 is 38.3 Å². The molecule has 1 aliphatic carbocycles. The number of aryl methyl sites for hydroxylation is 1. The number of carbonyl (C=O) groups excluding carboxylic acids is 3. The van der Waals surface area contributed by atoms with Gasteiger partial charge in [-0.1, -0.05) is 61.3 Å². The number of esters is 1. The van der Waals surface area contributed by atoms with Crippen molar-refractivity contribution in [2.24, 2.45) is 5.73 Å². The summed E-state index contributed by atoms with van der Waals surface area (Å²) in [5.74, 6) is 5.61. The average molecular weight is 630 g/mol. The molecule has 2 amide bonds. The molecule has 7 nitrogen and oxygen atoms in total. The van der Waals surface area contributed by atoms with Gasteiger partial charge in [0.25, 0.3) is 0 Å². The van der Waals surface area contributed by atoms with Crippen molar-refractivity contribution in [2.45, 2.75) is 62.9 Å². The zero-order valence-corrected chi connectivity index (χ0v) is 27.3. The molecule has 1 heterocycles. The summed E-state index contributed by atoms with van der Waals surface area (Å²) in [7, 11) is -0.421. The van der Waals surface area contributed by atoms with Gasteiger partial charge < -0.3 is 20.7 Å². The van der Waals surface area contributed by atoms with Gasteiger partial charge in [0.1, 0.15) is 6.04 Å². The largest absolute Gasteiger partial charge is 0.465 e. The number of rotatable bonds is 6. The Labute approximate surface area is 267 Å². The Morgan fingerprint density at radius 3 is 2.30 bits per heavy atom. The van der Waals surface area contributed by atoms with E-state index in [1.54, 1.807) is 29.2 Å². The smallest absolute Gasteiger partial charge is 0.337 e. The number of nitrogens with one attached hydrogen (secondary N) is 1. The van der Waals surface area contributed by atoms with Crippen molar-refractivity contribution in [1.82, 2.24) is 10.2 Å². The molecule has 1 aliphatic heterocycles. The highest BCUT2D eigenvalue weighted by Crippen LogP contribution is 2.32. The molecule has 0 unspecified atom stereocenters. The number of hydrogen-bond donors (Lipinski definition) is 2. The number of benzene rings is 3. The summed E-state index contributed by atoms with van der Waals surface area (Å²) >= 11 is 0. The number of carbonyl (C=O) groups is 3. The van der Waals surface area contributed by atoms with Crippen LogP contribution in [0.4, 0.5) is 0 Å². The van der Waals surface area contributed by atoms with Crippen molar-refractivity contribution in [1.29, 1.82) is 0 Å². The Morgan fingerprint density at radius 2 is 1.64 bits per heavy atom. The van der Waals surface area contributed by atoms with Gasteiger partial charge in [0.15, 0.2) is 0 Å². The van der Waals surface area contributed by atoms with Gasteiger partial charge in [-0.05, 0) is 84.8 Å². The molecule has 3 aromatic carbocycles. The zero-order chi connectivity index (χ0) is 30.6. The molecule has 44 heavy (non-hydrogen) atoms. The van der Waals surface area contributed by atoms with Crippen LogP contribution in [0, 0.1) is 11.8 Å². The van der Waals surface area contributed by atoms with E-state index in [4.69, 9.17) is 10.5 Å². The highest BCUT2D eigenvalue weighted by molar-refractivity contribution is 6.79. The third-order valence-electron chi connectivity index (χ3n) is 8.38. The molecule has 230 valence electrons. The van der Waals surface area contributed by atoms with Crippen LogP contribution in [0.5, 0.6) is 0 Å². The number of methoxy groups -OCH3 is 1. The summed E-state index contributed by atoms with van der Waals surface area (Å²) in [6.45, 7) is 4.46. The normalized spacial score (nSPS) is 19.0. The predicted molar refractivity (Wildman–Crippen MR) is 177 cm³/mol. The zero-order valence-electron chi connectivity index (χ0n) is 25.5. The number of halogens is 1. The summed E-state index contributed by atoms with van der Waals surface area (Å²) in [6.07, 6.45) is 3.99. The predicted octanol–water partition coefficient (Wildman–Crippen LogP) is 4.82. The lowest BCUT2D eigenvalue weighted by Gasteiger charge is -2.31. The second kappa shape index (κ2) is 14.3. The molecular formula is C35H40ClN3O4Si. The van der Waals surface area contributed by atoms with E-state index in [1.807, 2.05) is 36.4 Å². The molecule has 0 radical (unpaired) electrons. The van der Waals surface area contributed by atoms with E-state index in [0.717, 1.165) is 42.0 Å². The molecule has 0 aromatic heterocycles. The van der Waals surface area contributed by atoms with Gasteiger partial charge in [0, 0.05) is 17.3 Å². The molecule has 3 aromatic rings. The Kier molecular flexibility index (Phi) is 10.7. The van der Waals surface area contributed by atoms with Crippen LogP contribution in [-0.4, -0.2) is 56.1 Å². The number of amides is 2. The molecule has 2 aliphatic rings. The molecule has 5 rings (SSSR count). The van der Waals surface area contributed by atoms with Crippen molar-refractivity contribution in [2.75, 3.05) is 13.3 Å². The van der Waals surface area contributed by atoms with Crippen molar-refractivity contribution in [3.05, 3.63) is 106 Å². The first kappa shape index (κ1) is 33.0. The molecule has 1 saturated heterocycles. The minimum Gasteiger partial charge on any atom is -0.465 e. The van der Waals surface area contributed by atoms with E-state index in [-0.39, 0.29) is 36.2 Å². The van der Waals surface area contributed by atoms with Crippen LogP contribution in [0.25, 0.3) is 0 Å². The van der Waals surface area contributed by atoms with Gasteiger partial charge >= 0.3 is 5.97 Å². The molecule has 3 atom stereocenters. The Morgan fingerprint density at radius 1 is 1.00 bits per heavy atom. The summed E-state index contributed by atoms with van der Waals surface area (Å²) in [5.41, 5.74) is 12.0. The fraction of sp³-hybridized carbons (Fsp3) is 0.343. The summed E-state index contributed by atoms with van der Waals surface area (Å²) in [6, 6.07) is 22.4. The minimum atomic E-state index is -1.77. The van der Waals surface area contributed by atoms with Gasteiger partial charge in [-0.2, -0.15) is 0 Å². The highest BCUT2D eigenvalue weighted by atomic mass is 35.5. The van der Waals surface area contributed by atoms with Gasteiger partial charge in [0.05, 0.1) is 32.8 Å². The number of nitrogens with two attached hydrogens (primary N) is 1. The average Bonchev–Trinajstić information content (AvgIpc) is 3.35. The van der Waals surface area contributed by atoms with Crippen LogP contribution >= 0.6 is 12.4 Å². The Hall–Kier alpha value is -3.90. The van der Waals surface area contributed by atoms with E-state index >= 15 is 0 Å². The van der Waals surface area contributed by atoms with Crippen LogP contribution in [0.15, 0.2) is 72.8 Å². The summed E-state index contributed by atoms with van der Waals surface area (Å²) in [5, 5.41) is 3.28. The quantitative estimate of drug-likeness (QED) is 0.231. The van der Waals surface area contributed by atoms with Gasteiger partial charge in [-0.25, -0.2) is 4.79 Å². The standard InChI is InChI=1S/C35H39N3O4Si.ClH/c1-42-35(41)28-19-17-25(18-20-28)12-11-24-13-15-26(16-14-24)21-30(36)34(40)38-23-43(2,3)22-32(38)33(39)37-31-10-6-8-27-7-4-5-9-29(27)31;/h4-5,7,9,13-20,30-32H,6,8,10,21-23,36H2,1-3H3,(H,37,39);1H/t30-,31+,32-;/m0./s1. The van der Waals surface area contributed by atoms with E-state index < -0.39 is 20.2 Å². The first-order valence-corrected chi connectivity index (χ1v) is 18.3. The molecule has 9 heteroatoms. The monoisotopic (exact) mass is 629 g/mol. The first-order chi connectivity index (χ1) is 20.6. The van der Waals surface area contributed by atoms with Crippen LogP contribution < -0.4 is 11.1 Å². The van der Waals surface area contributed by atoms with Gasteiger partial charge in [-0.3, -0.25) is 9.59 Å². The second-order valence-corrected chi connectivity index (χ2v) is 17.4. The van der Waals surface area contributed by atoms with Gasteiger partial charge in [0.2, 0.25) is 11.8 Å². The summed E-state index contributed by atoms with van der Waals surface area (Å²) < 4.78 is 4.73. The third kappa shape index (κ3) is 7.78. The SMILES string of the molecule is COC(=O)c1ccc(C#Cc2ccc(C[C@H](N)C(=O)N3C[Si](C)(C)C[C@H]3C(=O)N[C@@H]3CCCc4ccccc43)cc2)cc1.Cl. The van der Waals surface area contributed by atoms with Crippen LogP contribution in [0.2, 0.25) is 19.1 Å². The fourth-order valence-corrected chi connectivity index (χ4v) is 9.02. The van der Waals surface area contributed by atoms with Crippen molar-refractivity contribution < 1.29 is 19.1 Å². The highest BCUT2D eigenvalue weighted by Gasteiger charge is 2.46. The van der Waals surface area contributed by atoms with E-state index in [9.17, 15) is 14.4 Å². The molecule has 3 N–H and O–H groups in total. The maximum Gasteiger partial charge on any atom is 0.337 e. The fourth-order valence-electron chi connectivity index (χ4n) is 6.14. The molecule has 1 fully saturated rings. The topological polar surface area (TPSA) is 102 Å². The van der Waals surface area contributed by atoms with Crippen LogP contribution in [0.1, 0.15) is 57.1 Å². The third-order valence-corrected chi connectivity index (χ3v) is 11.1. The van der Waals surface area contributed by atoms with Crippen LogP contribution in [-0.2, 0) is 27.2 Å². The van der Waals surface area contributed by atoms with Crippen molar-refractivity contribution in [3.8, 4) is 11.8 Å². The molecule has 0 spiro atoms. The minimum absolute atomic E-state index is 0.